The summed E-state index contributed by atoms with van der Waals surface area (Å²) >= 11 is 14.9. The quantitative estimate of drug-likeness (QED) is 0.220. The van der Waals surface area contributed by atoms with Crippen LogP contribution in [0.5, 0.6) is 0 Å². The molecule has 0 bridgehead atoms. The molecule has 2 amide bonds. The topological polar surface area (TPSA) is 106 Å². The molecule has 0 radical (unpaired) electrons. The van der Waals surface area contributed by atoms with Gasteiger partial charge in [-0.05, 0) is 36.6 Å². The van der Waals surface area contributed by atoms with Crippen molar-refractivity contribution in [1.82, 2.24) is 19.4 Å². The molecule has 242 valence electrons. The van der Waals surface area contributed by atoms with Crippen molar-refractivity contribution in [2.45, 2.75) is 43.9 Å². The highest BCUT2D eigenvalue weighted by Crippen LogP contribution is 2.39. The summed E-state index contributed by atoms with van der Waals surface area (Å²) in [4.78, 5) is 48.7. The highest BCUT2D eigenvalue weighted by Gasteiger charge is 2.43. The largest absolute Gasteiger partial charge is 0.469 e. The van der Waals surface area contributed by atoms with Gasteiger partial charge in [0.1, 0.15) is 5.01 Å². The molecule has 1 N–H and O–H groups in total. The molecule has 0 saturated carbocycles. The maximum absolute atomic E-state index is 13.9. The number of nitrogens with one attached hydrogen (secondary N) is 1. The maximum atomic E-state index is 13.9. The van der Waals surface area contributed by atoms with Gasteiger partial charge in [0.25, 0.3) is 5.91 Å². The Morgan fingerprint density at radius 1 is 1.09 bits per heavy atom. The van der Waals surface area contributed by atoms with E-state index in [1.807, 2.05) is 40.8 Å². The summed E-state index contributed by atoms with van der Waals surface area (Å²) in [5.74, 6) is -0.665. The first-order valence-electron chi connectivity index (χ1n) is 15.1. The molecule has 0 spiro atoms. The van der Waals surface area contributed by atoms with Crippen LogP contribution in [-0.4, -0.2) is 83.1 Å². The minimum Gasteiger partial charge on any atom is -0.469 e. The van der Waals surface area contributed by atoms with E-state index in [-0.39, 0.29) is 53.8 Å². The van der Waals surface area contributed by atoms with Gasteiger partial charge in [-0.1, -0.05) is 41.4 Å². The van der Waals surface area contributed by atoms with E-state index in [1.165, 1.54) is 18.4 Å². The Balaban J connectivity index is 1.18. The number of amides is 2. The lowest BCUT2D eigenvalue weighted by atomic mass is 10.1. The Morgan fingerprint density at radius 3 is 2.63 bits per heavy atom. The molecule has 0 aliphatic carbocycles. The Kier molecular flexibility index (Phi) is 9.67. The number of aromatic nitrogens is 2. The smallest absolute Gasteiger partial charge is 0.305 e. The fourth-order valence-corrected chi connectivity index (χ4v) is 7.73. The molecule has 2 fully saturated rings. The third kappa shape index (κ3) is 6.65. The number of benzene rings is 2. The van der Waals surface area contributed by atoms with Gasteiger partial charge < -0.3 is 24.3 Å². The number of rotatable bonds is 10. The second kappa shape index (κ2) is 13.7. The lowest BCUT2D eigenvalue weighted by Gasteiger charge is -2.42. The molecule has 46 heavy (non-hydrogen) atoms. The Hall–Kier alpha value is -3.48. The highest BCUT2D eigenvalue weighted by molar-refractivity contribution is 7.11. The molecule has 2 atom stereocenters. The number of ether oxygens (including phenoxy) is 2. The van der Waals surface area contributed by atoms with Gasteiger partial charge in [-0.3, -0.25) is 19.3 Å². The number of nitrogens with zero attached hydrogens (tertiary/aromatic N) is 4. The zero-order chi connectivity index (χ0) is 32.5. The third-order valence-electron chi connectivity index (χ3n) is 8.85. The first kappa shape index (κ1) is 32.5. The van der Waals surface area contributed by atoms with Crippen LogP contribution < -0.4 is 5.32 Å². The van der Waals surface area contributed by atoms with Gasteiger partial charge in [0.2, 0.25) is 5.91 Å². The lowest BCUT2D eigenvalue weighted by molar-refractivity contribution is -0.140. The van der Waals surface area contributed by atoms with Gasteiger partial charge in [0.15, 0.2) is 0 Å². The first-order valence-corrected chi connectivity index (χ1v) is 16.6. The number of anilines is 1. The molecule has 2 aromatic heterocycles. The summed E-state index contributed by atoms with van der Waals surface area (Å²) in [6.45, 7) is 2.21. The summed E-state index contributed by atoms with van der Waals surface area (Å²) in [6, 6.07) is 10.9. The Labute approximate surface area is 281 Å². The van der Waals surface area contributed by atoms with Crippen LogP contribution in [0.15, 0.2) is 48.8 Å². The highest BCUT2D eigenvalue weighted by atomic mass is 35.5. The van der Waals surface area contributed by atoms with Gasteiger partial charge in [0, 0.05) is 73.0 Å². The van der Waals surface area contributed by atoms with Gasteiger partial charge >= 0.3 is 5.97 Å². The number of fused-ring (bicyclic) bond motifs is 1. The molecule has 2 aromatic carbocycles. The summed E-state index contributed by atoms with van der Waals surface area (Å²) in [5.41, 5.74) is 2.40. The fourth-order valence-electron chi connectivity index (χ4n) is 6.22. The van der Waals surface area contributed by atoms with Crippen LogP contribution in [0.4, 0.5) is 5.69 Å². The summed E-state index contributed by atoms with van der Waals surface area (Å²) in [5, 5.41) is 5.18. The minimum absolute atomic E-state index is 0.0423. The number of likely N-dealkylation sites (tertiary alicyclic amines) is 2. The molecular weight excluding hydrogens is 649 g/mol. The van der Waals surface area contributed by atoms with Crippen molar-refractivity contribution in [3.05, 3.63) is 79.8 Å². The standard InChI is InChI=1S/C33H35Cl2N5O5S/c1-38-18-24(23-6-4-5-7-28(23)38)32(43)37-27-13-25(34)19(10-26(27)35)11-30(41)40-15-20(39-16-21(17-39)44-2)12-29(40)33-36-14-22(46-33)8-9-31(42)45-3/h4-7,10,13-14,18,20-21,29H,8-9,11-12,15-17H2,1-3H3,(H,37,43)/t20-,29-/m0/s1. The number of para-hydroxylation sites is 1. The molecule has 10 nitrogen and oxygen atoms in total. The van der Waals surface area contributed by atoms with E-state index < -0.39 is 0 Å². The zero-order valence-electron chi connectivity index (χ0n) is 25.8. The predicted molar refractivity (Wildman–Crippen MR) is 179 cm³/mol. The molecule has 13 heteroatoms. The second-order valence-corrected chi connectivity index (χ2v) is 13.7. The number of hydrogen-bond donors (Lipinski definition) is 1. The fraction of sp³-hybridized carbons (Fsp3) is 0.394. The number of carbonyl (C=O) groups is 3. The van der Waals surface area contributed by atoms with E-state index in [2.05, 4.69) is 15.2 Å². The van der Waals surface area contributed by atoms with Gasteiger partial charge in [0.05, 0.1) is 48.4 Å². The summed E-state index contributed by atoms with van der Waals surface area (Å²) < 4.78 is 12.2. The number of halogens is 2. The molecular formula is C33H35Cl2N5O5S. The van der Waals surface area contributed by atoms with Gasteiger partial charge in [-0.15, -0.1) is 11.3 Å². The average molecular weight is 685 g/mol. The Bertz CT molecular complexity index is 1790. The van der Waals surface area contributed by atoms with Crippen LogP contribution in [0.2, 0.25) is 10.0 Å². The van der Waals surface area contributed by atoms with E-state index in [0.29, 0.717) is 34.8 Å². The van der Waals surface area contributed by atoms with E-state index in [1.54, 1.807) is 31.6 Å². The lowest BCUT2D eigenvalue weighted by Crippen LogP contribution is -2.56. The minimum atomic E-state index is -0.305. The van der Waals surface area contributed by atoms with Crippen molar-refractivity contribution in [3.8, 4) is 0 Å². The zero-order valence-corrected chi connectivity index (χ0v) is 28.1. The van der Waals surface area contributed by atoms with Crippen molar-refractivity contribution in [1.29, 1.82) is 0 Å². The van der Waals surface area contributed by atoms with Crippen LogP contribution in [0.1, 0.15) is 44.7 Å². The summed E-state index contributed by atoms with van der Waals surface area (Å²) in [6.07, 6.45) is 5.37. The Morgan fingerprint density at radius 2 is 1.87 bits per heavy atom. The third-order valence-corrected chi connectivity index (χ3v) is 10.7. The van der Waals surface area contributed by atoms with E-state index in [4.69, 9.17) is 32.7 Å². The molecule has 4 aromatic rings. The number of aryl methyl sites for hydroxylation is 2. The maximum Gasteiger partial charge on any atom is 0.305 e. The second-order valence-electron chi connectivity index (χ2n) is 11.7. The average Bonchev–Trinajstić information content (AvgIpc) is 3.75. The monoisotopic (exact) mass is 683 g/mol. The summed E-state index contributed by atoms with van der Waals surface area (Å²) in [7, 11) is 4.98. The van der Waals surface area contributed by atoms with Crippen LogP contribution in [0, 0.1) is 0 Å². The molecule has 2 aliphatic rings. The SMILES string of the molecule is COC(=O)CCc1cnc([C@@H]2C[C@H](N3CC(OC)C3)CN2C(=O)Cc2cc(Cl)c(NC(=O)c3cn(C)c4ccccc34)cc2Cl)s1. The molecule has 2 saturated heterocycles. The van der Waals surface area contributed by atoms with Crippen molar-refractivity contribution in [2.75, 3.05) is 39.2 Å². The van der Waals surface area contributed by atoms with Crippen LogP contribution in [-0.2, 0) is 39.0 Å². The number of carbonyl (C=O) groups excluding carboxylic acids is 3. The van der Waals surface area contributed by atoms with E-state index in [9.17, 15) is 14.4 Å². The number of thiazole rings is 1. The molecule has 6 rings (SSSR count). The first-order chi connectivity index (χ1) is 22.1. The van der Waals surface area contributed by atoms with Crippen LogP contribution in [0.3, 0.4) is 0 Å². The van der Waals surface area contributed by atoms with Gasteiger partial charge in [-0.2, -0.15) is 0 Å². The molecule has 4 heterocycles. The van der Waals surface area contributed by atoms with Crippen molar-refractivity contribution in [2.24, 2.45) is 7.05 Å². The van der Waals surface area contributed by atoms with E-state index >= 15 is 0 Å². The normalized spacial score (nSPS) is 18.6. The van der Waals surface area contributed by atoms with Crippen molar-refractivity contribution in [3.63, 3.8) is 0 Å². The number of methoxy groups -OCH3 is 2. The van der Waals surface area contributed by atoms with Gasteiger partial charge in [-0.25, -0.2) is 4.98 Å². The van der Waals surface area contributed by atoms with Crippen molar-refractivity contribution < 1.29 is 23.9 Å². The van der Waals surface area contributed by atoms with E-state index in [0.717, 1.165) is 40.3 Å². The number of hydrogen-bond acceptors (Lipinski definition) is 8. The van der Waals surface area contributed by atoms with Crippen LogP contribution in [0.25, 0.3) is 10.9 Å². The molecule has 2 aliphatic heterocycles. The van der Waals surface area contributed by atoms with Crippen LogP contribution >= 0.6 is 34.5 Å². The number of esters is 1. The predicted octanol–water partition coefficient (Wildman–Crippen LogP) is 5.51. The molecule has 0 unspecified atom stereocenters. The van der Waals surface area contributed by atoms with Crippen molar-refractivity contribution >= 4 is 68.9 Å².